The zero-order valence-electron chi connectivity index (χ0n) is 14.2. The lowest BCUT2D eigenvalue weighted by Gasteiger charge is -2.37. The molecule has 1 aromatic rings. The number of methoxy groups -OCH3 is 1. The number of aryl methyl sites for hydroxylation is 1. The third-order valence-corrected chi connectivity index (χ3v) is 3.80. The van der Waals surface area contributed by atoms with Gasteiger partial charge in [-0.3, -0.25) is 0 Å². The molecule has 0 spiro atoms. The van der Waals surface area contributed by atoms with Gasteiger partial charge in [0.05, 0.1) is 13.2 Å². The molecule has 0 unspecified atom stereocenters. The lowest BCUT2D eigenvalue weighted by Crippen LogP contribution is -2.42. The lowest BCUT2D eigenvalue weighted by atomic mass is 9.95. The molecule has 5 nitrogen and oxygen atoms in total. The van der Waals surface area contributed by atoms with E-state index in [0.29, 0.717) is 5.88 Å². The monoisotopic (exact) mass is 306 g/mol. The van der Waals surface area contributed by atoms with Gasteiger partial charge in [0, 0.05) is 18.3 Å². The number of hydrogen-bond acceptors (Lipinski definition) is 4. The second-order valence-corrected chi connectivity index (χ2v) is 6.71. The van der Waals surface area contributed by atoms with Gasteiger partial charge >= 0.3 is 6.09 Å². The van der Waals surface area contributed by atoms with Gasteiger partial charge in [-0.2, -0.15) is 0 Å². The highest BCUT2D eigenvalue weighted by Crippen LogP contribution is 2.34. The number of rotatable bonds is 2. The molecule has 0 aromatic carbocycles. The molecule has 1 amide bonds. The van der Waals surface area contributed by atoms with Crippen molar-refractivity contribution < 1.29 is 14.3 Å². The molecule has 0 bridgehead atoms. The van der Waals surface area contributed by atoms with Crippen LogP contribution in [0.1, 0.15) is 57.3 Å². The number of piperidine rings is 1. The average molecular weight is 306 g/mol. The first-order valence-electron chi connectivity index (χ1n) is 7.83. The van der Waals surface area contributed by atoms with Gasteiger partial charge in [0.15, 0.2) is 0 Å². The van der Waals surface area contributed by atoms with Gasteiger partial charge in [0.1, 0.15) is 5.60 Å². The Morgan fingerprint density at radius 1 is 1.32 bits per heavy atom. The molecule has 0 aliphatic carbocycles. The molecule has 1 atom stereocenters. The van der Waals surface area contributed by atoms with Crippen LogP contribution in [0.2, 0.25) is 0 Å². The van der Waals surface area contributed by atoms with Gasteiger partial charge in [-0.05, 0) is 58.6 Å². The smallest absolute Gasteiger partial charge is 0.410 e. The maximum Gasteiger partial charge on any atom is 0.410 e. The van der Waals surface area contributed by atoms with E-state index in [1.807, 2.05) is 44.7 Å². The third kappa shape index (κ3) is 3.90. The molecule has 22 heavy (non-hydrogen) atoms. The normalized spacial score (nSPS) is 19.0. The van der Waals surface area contributed by atoms with E-state index < -0.39 is 5.60 Å². The third-order valence-electron chi connectivity index (χ3n) is 3.80. The van der Waals surface area contributed by atoms with Crippen molar-refractivity contribution in [3.63, 3.8) is 0 Å². The second-order valence-electron chi connectivity index (χ2n) is 6.71. The number of carbonyl (C=O) groups excluding carboxylic acids is 1. The van der Waals surface area contributed by atoms with E-state index in [2.05, 4.69) is 4.98 Å². The van der Waals surface area contributed by atoms with E-state index in [4.69, 9.17) is 9.47 Å². The van der Waals surface area contributed by atoms with Crippen LogP contribution in [-0.2, 0) is 4.74 Å². The Balaban J connectivity index is 2.24. The molecule has 1 aliphatic heterocycles. The summed E-state index contributed by atoms with van der Waals surface area (Å²) < 4.78 is 10.7. The molecule has 1 saturated heterocycles. The number of likely N-dealkylation sites (tertiary alicyclic amines) is 1. The van der Waals surface area contributed by atoms with Crippen molar-refractivity contribution in [2.75, 3.05) is 13.7 Å². The van der Waals surface area contributed by atoms with Gasteiger partial charge < -0.3 is 14.4 Å². The maximum absolute atomic E-state index is 12.5. The molecule has 1 aliphatic rings. The van der Waals surface area contributed by atoms with Crippen LogP contribution in [0.4, 0.5) is 4.79 Å². The van der Waals surface area contributed by atoms with Gasteiger partial charge in [-0.1, -0.05) is 0 Å². The molecule has 5 heteroatoms. The Kier molecular flexibility index (Phi) is 4.94. The van der Waals surface area contributed by atoms with Crippen molar-refractivity contribution in [1.82, 2.24) is 9.88 Å². The van der Waals surface area contributed by atoms with Crippen molar-refractivity contribution in [2.45, 2.75) is 58.6 Å². The summed E-state index contributed by atoms with van der Waals surface area (Å²) in [6.45, 7) is 8.36. The molecule has 1 aromatic heterocycles. The van der Waals surface area contributed by atoms with Crippen molar-refractivity contribution >= 4 is 6.09 Å². The number of nitrogens with zero attached hydrogens (tertiary/aromatic N) is 2. The average Bonchev–Trinajstić information content (AvgIpc) is 2.45. The Hall–Kier alpha value is -1.78. The number of aromatic nitrogens is 1. The number of amides is 1. The molecular weight excluding hydrogens is 280 g/mol. The molecule has 1 fully saturated rings. The highest BCUT2D eigenvalue weighted by atomic mass is 16.6. The van der Waals surface area contributed by atoms with Crippen molar-refractivity contribution in [3.8, 4) is 5.88 Å². The first-order chi connectivity index (χ1) is 10.3. The highest BCUT2D eigenvalue weighted by molar-refractivity contribution is 5.69. The largest absolute Gasteiger partial charge is 0.481 e. The Morgan fingerprint density at radius 2 is 2.05 bits per heavy atom. The molecule has 2 heterocycles. The number of hydrogen-bond donors (Lipinski definition) is 0. The van der Waals surface area contributed by atoms with Crippen molar-refractivity contribution in [2.24, 2.45) is 0 Å². The van der Waals surface area contributed by atoms with Crippen LogP contribution in [-0.4, -0.2) is 35.2 Å². The summed E-state index contributed by atoms with van der Waals surface area (Å²) >= 11 is 0. The summed E-state index contributed by atoms with van der Waals surface area (Å²) in [6.07, 6.45) is 2.81. The van der Waals surface area contributed by atoms with Crippen LogP contribution in [0.3, 0.4) is 0 Å². The Bertz CT molecular complexity index is 537. The van der Waals surface area contributed by atoms with Gasteiger partial charge in [0.2, 0.25) is 5.88 Å². The standard InChI is InChI=1S/C17H26N2O3/c1-12-13(9-10-15(18-12)21-5)14-8-6-7-11-19(14)16(20)22-17(2,3)4/h9-10,14H,6-8,11H2,1-5H3/t14-/m1/s1. The maximum atomic E-state index is 12.5. The minimum atomic E-state index is -0.480. The minimum absolute atomic E-state index is 0.0296. The van der Waals surface area contributed by atoms with Crippen molar-refractivity contribution in [3.05, 3.63) is 23.4 Å². The Morgan fingerprint density at radius 3 is 2.64 bits per heavy atom. The topological polar surface area (TPSA) is 51.7 Å². The molecule has 0 radical (unpaired) electrons. The zero-order valence-corrected chi connectivity index (χ0v) is 14.2. The predicted molar refractivity (Wildman–Crippen MR) is 85.1 cm³/mol. The van der Waals surface area contributed by atoms with Gasteiger partial charge in [-0.25, -0.2) is 9.78 Å². The van der Waals surface area contributed by atoms with Crippen LogP contribution in [0.15, 0.2) is 12.1 Å². The Labute approximate surface area is 132 Å². The van der Waals surface area contributed by atoms with E-state index in [9.17, 15) is 4.79 Å². The first-order valence-corrected chi connectivity index (χ1v) is 7.83. The van der Waals surface area contributed by atoms with Gasteiger partial charge in [0.25, 0.3) is 0 Å². The predicted octanol–water partition coefficient (Wildman–Crippen LogP) is 3.86. The van der Waals surface area contributed by atoms with Gasteiger partial charge in [-0.15, -0.1) is 0 Å². The molecule has 0 N–H and O–H groups in total. The zero-order chi connectivity index (χ0) is 16.3. The molecular formula is C17H26N2O3. The fourth-order valence-corrected chi connectivity index (χ4v) is 2.81. The fourth-order valence-electron chi connectivity index (χ4n) is 2.81. The quantitative estimate of drug-likeness (QED) is 0.832. The van der Waals surface area contributed by atoms with Crippen LogP contribution in [0, 0.1) is 6.92 Å². The number of pyridine rings is 1. The van der Waals surface area contributed by atoms with Crippen molar-refractivity contribution in [1.29, 1.82) is 0 Å². The van der Waals surface area contributed by atoms with Crippen LogP contribution in [0.5, 0.6) is 5.88 Å². The van der Waals surface area contributed by atoms with E-state index in [-0.39, 0.29) is 12.1 Å². The molecule has 0 saturated carbocycles. The fraction of sp³-hybridized carbons (Fsp3) is 0.647. The number of carbonyl (C=O) groups is 1. The summed E-state index contributed by atoms with van der Waals surface area (Å²) in [4.78, 5) is 18.8. The van der Waals surface area contributed by atoms with E-state index >= 15 is 0 Å². The summed E-state index contributed by atoms with van der Waals surface area (Å²) in [7, 11) is 1.61. The SMILES string of the molecule is COc1ccc([C@H]2CCCCN2C(=O)OC(C)(C)C)c(C)n1. The van der Waals surface area contributed by atoms with Crippen LogP contribution >= 0.6 is 0 Å². The van der Waals surface area contributed by atoms with Crippen LogP contribution in [0.25, 0.3) is 0 Å². The summed E-state index contributed by atoms with van der Waals surface area (Å²) in [6, 6.07) is 3.89. The molecule has 2 rings (SSSR count). The first kappa shape index (κ1) is 16.6. The number of ether oxygens (including phenoxy) is 2. The lowest BCUT2D eigenvalue weighted by molar-refractivity contribution is 0.00941. The summed E-state index contributed by atoms with van der Waals surface area (Å²) in [5, 5.41) is 0. The highest BCUT2D eigenvalue weighted by Gasteiger charge is 2.32. The summed E-state index contributed by atoms with van der Waals surface area (Å²) in [5.41, 5.74) is 1.50. The van der Waals surface area contributed by atoms with E-state index in [1.165, 1.54) is 0 Å². The van der Waals surface area contributed by atoms with E-state index in [1.54, 1.807) is 7.11 Å². The van der Waals surface area contributed by atoms with E-state index in [0.717, 1.165) is 37.1 Å². The second kappa shape index (κ2) is 6.55. The molecule has 122 valence electrons. The van der Waals surface area contributed by atoms with Crippen LogP contribution < -0.4 is 4.74 Å². The summed E-state index contributed by atoms with van der Waals surface area (Å²) in [5.74, 6) is 0.598. The minimum Gasteiger partial charge on any atom is -0.481 e.